The Hall–Kier alpha value is -1.81. The van der Waals surface area contributed by atoms with Crippen molar-refractivity contribution in [3.63, 3.8) is 0 Å². The number of nitrogens with zero attached hydrogens (tertiary/aromatic N) is 3. The molecule has 4 heteroatoms. The van der Waals surface area contributed by atoms with Crippen LogP contribution in [0, 0.1) is 6.92 Å². The molecule has 0 amide bonds. The van der Waals surface area contributed by atoms with E-state index in [2.05, 4.69) is 34.1 Å². The summed E-state index contributed by atoms with van der Waals surface area (Å²) in [7, 11) is 0. The Morgan fingerprint density at radius 3 is 2.61 bits per heavy atom. The second-order valence-corrected chi connectivity index (χ2v) is 4.29. The smallest absolute Gasteiger partial charge is 0.115 e. The molecule has 1 unspecified atom stereocenters. The highest BCUT2D eigenvalue weighted by molar-refractivity contribution is 5.32. The molecule has 1 atom stereocenters. The summed E-state index contributed by atoms with van der Waals surface area (Å²) in [6, 6.07) is 2.14. The van der Waals surface area contributed by atoms with Crippen LogP contribution in [0.15, 0.2) is 37.2 Å². The van der Waals surface area contributed by atoms with Crippen LogP contribution in [0.5, 0.6) is 0 Å². The molecule has 2 heterocycles. The van der Waals surface area contributed by atoms with E-state index in [4.69, 9.17) is 0 Å². The highest BCUT2D eigenvalue weighted by atomic mass is 14.9. The molecule has 2 aromatic heterocycles. The van der Waals surface area contributed by atoms with Gasteiger partial charge in [0.25, 0.3) is 0 Å². The van der Waals surface area contributed by atoms with Gasteiger partial charge in [-0.1, -0.05) is 6.92 Å². The molecule has 0 spiro atoms. The van der Waals surface area contributed by atoms with Crippen LogP contribution < -0.4 is 5.32 Å². The Kier molecular flexibility index (Phi) is 4.36. The Balaban J connectivity index is 2.34. The standard InChI is InChI=1S/C14H18N4/c1-3-5-18-14(12-7-16-10-17-8-12)13-9-15-6-4-11(13)2/h4,6-10,14,18H,3,5H2,1-2H3. The number of rotatable bonds is 5. The van der Waals surface area contributed by atoms with Crippen molar-refractivity contribution in [2.75, 3.05) is 6.54 Å². The van der Waals surface area contributed by atoms with Crippen molar-refractivity contribution in [1.82, 2.24) is 20.3 Å². The third kappa shape index (κ3) is 2.90. The molecule has 94 valence electrons. The van der Waals surface area contributed by atoms with Gasteiger partial charge in [0.15, 0.2) is 0 Å². The van der Waals surface area contributed by atoms with Crippen LogP contribution in [-0.4, -0.2) is 21.5 Å². The summed E-state index contributed by atoms with van der Waals surface area (Å²) in [5.74, 6) is 0. The van der Waals surface area contributed by atoms with E-state index in [1.165, 1.54) is 11.1 Å². The molecule has 0 aromatic carbocycles. The molecule has 1 N–H and O–H groups in total. The average molecular weight is 242 g/mol. The molecular formula is C14H18N4. The molecule has 2 aromatic rings. The molecule has 0 saturated heterocycles. The van der Waals surface area contributed by atoms with Gasteiger partial charge in [0.2, 0.25) is 0 Å². The van der Waals surface area contributed by atoms with Crippen molar-refractivity contribution in [3.8, 4) is 0 Å². The van der Waals surface area contributed by atoms with Gasteiger partial charge in [0.1, 0.15) is 6.33 Å². The van der Waals surface area contributed by atoms with Crippen LogP contribution >= 0.6 is 0 Å². The first kappa shape index (κ1) is 12.6. The van der Waals surface area contributed by atoms with E-state index in [0.29, 0.717) is 0 Å². The summed E-state index contributed by atoms with van der Waals surface area (Å²) in [5.41, 5.74) is 3.48. The van der Waals surface area contributed by atoms with Gasteiger partial charge in [-0.15, -0.1) is 0 Å². The highest BCUT2D eigenvalue weighted by Gasteiger charge is 2.15. The second kappa shape index (κ2) is 6.21. The van der Waals surface area contributed by atoms with Gasteiger partial charge in [0.05, 0.1) is 6.04 Å². The third-order valence-electron chi connectivity index (χ3n) is 2.90. The minimum Gasteiger partial charge on any atom is -0.306 e. The van der Waals surface area contributed by atoms with Crippen molar-refractivity contribution in [1.29, 1.82) is 0 Å². The number of pyridine rings is 1. The number of nitrogens with one attached hydrogen (secondary N) is 1. The third-order valence-corrected chi connectivity index (χ3v) is 2.90. The first-order valence-corrected chi connectivity index (χ1v) is 6.21. The van der Waals surface area contributed by atoms with Gasteiger partial charge in [-0.3, -0.25) is 4.98 Å². The predicted molar refractivity (Wildman–Crippen MR) is 71.1 cm³/mol. The minimum atomic E-state index is 0.111. The van der Waals surface area contributed by atoms with E-state index < -0.39 is 0 Å². The lowest BCUT2D eigenvalue weighted by Gasteiger charge is -2.20. The number of aromatic nitrogens is 3. The van der Waals surface area contributed by atoms with Gasteiger partial charge in [-0.25, -0.2) is 9.97 Å². The summed E-state index contributed by atoms with van der Waals surface area (Å²) < 4.78 is 0. The van der Waals surface area contributed by atoms with E-state index in [0.717, 1.165) is 18.5 Å². The van der Waals surface area contributed by atoms with Crippen LogP contribution in [0.4, 0.5) is 0 Å². The van der Waals surface area contributed by atoms with Crippen LogP contribution in [0.25, 0.3) is 0 Å². The molecule has 0 aliphatic rings. The lowest BCUT2D eigenvalue weighted by molar-refractivity contribution is 0.591. The molecular weight excluding hydrogens is 224 g/mol. The number of aryl methyl sites for hydroxylation is 1. The molecule has 4 nitrogen and oxygen atoms in total. The minimum absolute atomic E-state index is 0.111. The average Bonchev–Trinajstić information content (AvgIpc) is 2.42. The van der Waals surface area contributed by atoms with E-state index in [1.807, 2.05) is 30.9 Å². The molecule has 18 heavy (non-hydrogen) atoms. The number of hydrogen-bond acceptors (Lipinski definition) is 4. The summed E-state index contributed by atoms with van der Waals surface area (Å²) in [4.78, 5) is 12.4. The fourth-order valence-corrected chi connectivity index (χ4v) is 1.93. The fraction of sp³-hybridized carbons (Fsp3) is 0.357. The quantitative estimate of drug-likeness (QED) is 0.873. The summed E-state index contributed by atoms with van der Waals surface area (Å²) in [5, 5.41) is 3.52. The lowest BCUT2D eigenvalue weighted by Crippen LogP contribution is -2.24. The van der Waals surface area contributed by atoms with Crippen LogP contribution in [-0.2, 0) is 0 Å². The van der Waals surface area contributed by atoms with Crippen molar-refractivity contribution >= 4 is 0 Å². The molecule has 2 rings (SSSR count). The Morgan fingerprint density at radius 1 is 1.17 bits per heavy atom. The first-order chi connectivity index (χ1) is 8.83. The molecule has 0 bridgehead atoms. The molecule has 0 fully saturated rings. The maximum atomic E-state index is 4.22. The van der Waals surface area contributed by atoms with Gasteiger partial charge < -0.3 is 5.32 Å². The maximum absolute atomic E-state index is 4.22. The van der Waals surface area contributed by atoms with Gasteiger partial charge in [-0.05, 0) is 37.1 Å². The monoisotopic (exact) mass is 242 g/mol. The molecule has 0 aliphatic carbocycles. The van der Waals surface area contributed by atoms with Crippen molar-refractivity contribution in [2.45, 2.75) is 26.3 Å². The molecule has 0 radical (unpaired) electrons. The topological polar surface area (TPSA) is 50.7 Å². The SMILES string of the molecule is CCCNC(c1cncnc1)c1cnccc1C. The zero-order chi connectivity index (χ0) is 12.8. The summed E-state index contributed by atoms with van der Waals surface area (Å²) in [6.45, 7) is 5.21. The maximum Gasteiger partial charge on any atom is 0.115 e. The van der Waals surface area contributed by atoms with Gasteiger partial charge >= 0.3 is 0 Å². The zero-order valence-corrected chi connectivity index (χ0v) is 10.8. The fourth-order valence-electron chi connectivity index (χ4n) is 1.93. The molecule has 0 aliphatic heterocycles. The van der Waals surface area contributed by atoms with Gasteiger partial charge in [-0.2, -0.15) is 0 Å². The lowest BCUT2D eigenvalue weighted by atomic mass is 9.99. The Morgan fingerprint density at radius 2 is 1.94 bits per heavy atom. The number of hydrogen-bond donors (Lipinski definition) is 1. The zero-order valence-electron chi connectivity index (χ0n) is 10.8. The normalized spacial score (nSPS) is 12.3. The predicted octanol–water partition coefficient (Wildman–Crippen LogP) is 2.27. The second-order valence-electron chi connectivity index (χ2n) is 4.29. The molecule has 0 saturated carbocycles. The largest absolute Gasteiger partial charge is 0.306 e. The van der Waals surface area contributed by atoms with Crippen molar-refractivity contribution in [3.05, 3.63) is 53.9 Å². The summed E-state index contributed by atoms with van der Waals surface area (Å²) >= 11 is 0. The van der Waals surface area contributed by atoms with Crippen LogP contribution in [0.3, 0.4) is 0 Å². The highest BCUT2D eigenvalue weighted by Crippen LogP contribution is 2.22. The van der Waals surface area contributed by atoms with Gasteiger partial charge in [0, 0.05) is 30.4 Å². The first-order valence-electron chi connectivity index (χ1n) is 6.21. The summed E-state index contributed by atoms with van der Waals surface area (Å²) in [6.07, 6.45) is 10.1. The van der Waals surface area contributed by atoms with E-state index in [9.17, 15) is 0 Å². The van der Waals surface area contributed by atoms with Crippen molar-refractivity contribution in [2.24, 2.45) is 0 Å². The van der Waals surface area contributed by atoms with Crippen LogP contribution in [0.1, 0.15) is 36.1 Å². The Labute approximate surface area is 108 Å². The van der Waals surface area contributed by atoms with Crippen LogP contribution in [0.2, 0.25) is 0 Å². The van der Waals surface area contributed by atoms with Crippen molar-refractivity contribution < 1.29 is 0 Å². The van der Waals surface area contributed by atoms with E-state index in [1.54, 1.807) is 6.33 Å². The Bertz CT molecular complexity index is 484. The van der Waals surface area contributed by atoms with E-state index in [-0.39, 0.29) is 6.04 Å². The van der Waals surface area contributed by atoms with E-state index >= 15 is 0 Å².